The third kappa shape index (κ3) is 2.17. The molecule has 0 aliphatic carbocycles. The van der Waals surface area contributed by atoms with Gasteiger partial charge in [0.15, 0.2) is 11.5 Å². The highest BCUT2D eigenvalue weighted by atomic mass is 16.4. The molecule has 2 aromatic rings. The molecule has 0 atom stereocenters. The van der Waals surface area contributed by atoms with Crippen molar-refractivity contribution in [2.24, 2.45) is 0 Å². The number of aromatic hydroxyl groups is 1. The van der Waals surface area contributed by atoms with E-state index in [1.54, 1.807) is 6.92 Å². The minimum atomic E-state index is -1.25. The fraction of sp³-hybridized carbons (Fsp3) is 0.167. The Morgan fingerprint density at radius 1 is 1.32 bits per heavy atom. The summed E-state index contributed by atoms with van der Waals surface area (Å²) in [5.74, 6) is -1.80. The maximum absolute atomic E-state index is 11.3. The van der Waals surface area contributed by atoms with Gasteiger partial charge in [0.25, 0.3) is 0 Å². The van der Waals surface area contributed by atoms with Crippen molar-refractivity contribution in [1.29, 1.82) is 0 Å². The van der Waals surface area contributed by atoms with Crippen LogP contribution in [-0.2, 0) is 0 Å². The van der Waals surface area contributed by atoms with Crippen LogP contribution in [0.3, 0.4) is 0 Å². The number of carboxylic acids is 1. The zero-order valence-electron chi connectivity index (χ0n) is 10.3. The van der Waals surface area contributed by atoms with E-state index in [-0.39, 0.29) is 22.8 Å². The molecule has 7 heteroatoms. The molecule has 1 aromatic heterocycles. The Balaban J connectivity index is 2.57. The molecule has 2 rings (SSSR count). The Bertz CT molecular complexity index is 676. The Kier molecular flexibility index (Phi) is 3.04. The first-order valence-corrected chi connectivity index (χ1v) is 5.41. The molecule has 19 heavy (non-hydrogen) atoms. The van der Waals surface area contributed by atoms with Crippen LogP contribution < -0.4 is 0 Å². The number of benzene rings is 1. The van der Waals surface area contributed by atoms with Crippen molar-refractivity contribution in [2.45, 2.75) is 13.8 Å². The lowest BCUT2D eigenvalue weighted by molar-refractivity contribution is 0.0693. The van der Waals surface area contributed by atoms with E-state index in [0.29, 0.717) is 11.4 Å². The number of ketones is 1. The first-order chi connectivity index (χ1) is 8.91. The smallest absolute Gasteiger partial charge is 0.339 e. The highest BCUT2D eigenvalue weighted by Crippen LogP contribution is 2.21. The summed E-state index contributed by atoms with van der Waals surface area (Å²) < 4.78 is 1.35. The van der Waals surface area contributed by atoms with Crippen molar-refractivity contribution in [3.63, 3.8) is 0 Å². The largest absolute Gasteiger partial charge is 0.507 e. The van der Waals surface area contributed by atoms with Gasteiger partial charge in [-0.3, -0.25) is 4.79 Å². The fourth-order valence-electron chi connectivity index (χ4n) is 1.73. The number of aromatic carboxylic acids is 1. The van der Waals surface area contributed by atoms with Gasteiger partial charge in [0.05, 0.1) is 11.4 Å². The average molecular weight is 261 g/mol. The van der Waals surface area contributed by atoms with Gasteiger partial charge in [-0.1, -0.05) is 5.21 Å². The van der Waals surface area contributed by atoms with Crippen molar-refractivity contribution in [3.05, 3.63) is 35.2 Å². The van der Waals surface area contributed by atoms with Gasteiger partial charge < -0.3 is 10.2 Å². The monoisotopic (exact) mass is 261 g/mol. The van der Waals surface area contributed by atoms with Crippen LogP contribution in [0, 0.1) is 6.92 Å². The molecule has 0 saturated carbocycles. The van der Waals surface area contributed by atoms with Crippen LogP contribution in [0.4, 0.5) is 0 Å². The van der Waals surface area contributed by atoms with Crippen LogP contribution >= 0.6 is 0 Å². The molecule has 1 aromatic carbocycles. The van der Waals surface area contributed by atoms with Gasteiger partial charge in [-0.05, 0) is 25.1 Å². The molecule has 0 unspecified atom stereocenters. The summed E-state index contributed by atoms with van der Waals surface area (Å²) in [5.41, 5.74) is 0.906. The highest BCUT2D eigenvalue weighted by Gasteiger charge is 2.16. The molecule has 0 aliphatic rings. The molecule has 98 valence electrons. The lowest BCUT2D eigenvalue weighted by Crippen LogP contribution is -2.04. The van der Waals surface area contributed by atoms with Crippen molar-refractivity contribution < 1.29 is 19.8 Å². The summed E-state index contributed by atoms with van der Waals surface area (Å²) in [6, 6.07) is 4.02. The number of hydrogen-bond acceptors (Lipinski definition) is 5. The van der Waals surface area contributed by atoms with Crippen LogP contribution in [0.2, 0.25) is 0 Å². The van der Waals surface area contributed by atoms with E-state index in [2.05, 4.69) is 10.3 Å². The van der Waals surface area contributed by atoms with Crippen LogP contribution in [0.25, 0.3) is 5.69 Å². The summed E-state index contributed by atoms with van der Waals surface area (Å²) in [5, 5.41) is 25.9. The van der Waals surface area contributed by atoms with Gasteiger partial charge in [0.1, 0.15) is 11.3 Å². The molecular formula is C12H11N3O4. The summed E-state index contributed by atoms with van der Waals surface area (Å²) in [7, 11) is 0. The topological polar surface area (TPSA) is 105 Å². The molecule has 0 spiro atoms. The minimum Gasteiger partial charge on any atom is -0.507 e. The summed E-state index contributed by atoms with van der Waals surface area (Å²) in [4.78, 5) is 22.2. The second-order valence-corrected chi connectivity index (χ2v) is 4.00. The molecule has 7 nitrogen and oxygen atoms in total. The molecule has 0 aliphatic heterocycles. The number of rotatable bonds is 3. The summed E-state index contributed by atoms with van der Waals surface area (Å²) >= 11 is 0. The van der Waals surface area contributed by atoms with Crippen LogP contribution in [0.15, 0.2) is 18.2 Å². The average Bonchev–Trinajstić information content (AvgIpc) is 2.71. The zero-order chi connectivity index (χ0) is 14.2. The number of nitrogens with zero attached hydrogens (tertiary/aromatic N) is 3. The molecular weight excluding hydrogens is 250 g/mol. The minimum absolute atomic E-state index is 0.221. The number of Topliss-reactive ketones (excluding diaryl/α,β-unsaturated/α-hetero) is 1. The Hall–Kier alpha value is -2.70. The molecule has 1 heterocycles. The third-order valence-corrected chi connectivity index (χ3v) is 2.68. The van der Waals surface area contributed by atoms with Crippen LogP contribution in [0.1, 0.15) is 33.5 Å². The Morgan fingerprint density at radius 2 is 2.00 bits per heavy atom. The predicted molar refractivity (Wildman–Crippen MR) is 64.7 cm³/mol. The molecule has 0 radical (unpaired) electrons. The summed E-state index contributed by atoms with van der Waals surface area (Å²) in [6.45, 7) is 3.03. The zero-order valence-corrected chi connectivity index (χ0v) is 10.3. The van der Waals surface area contributed by atoms with Gasteiger partial charge in [-0.25, -0.2) is 9.48 Å². The predicted octanol–water partition coefficient (Wildman–Crippen LogP) is 1.18. The van der Waals surface area contributed by atoms with E-state index < -0.39 is 5.97 Å². The van der Waals surface area contributed by atoms with Gasteiger partial charge >= 0.3 is 5.97 Å². The van der Waals surface area contributed by atoms with E-state index in [1.165, 1.54) is 29.8 Å². The van der Waals surface area contributed by atoms with E-state index >= 15 is 0 Å². The van der Waals surface area contributed by atoms with Crippen molar-refractivity contribution in [1.82, 2.24) is 15.0 Å². The van der Waals surface area contributed by atoms with E-state index in [4.69, 9.17) is 5.11 Å². The second kappa shape index (κ2) is 4.52. The maximum Gasteiger partial charge on any atom is 0.339 e. The molecule has 2 N–H and O–H groups in total. The fourth-order valence-corrected chi connectivity index (χ4v) is 1.73. The number of hydrogen-bond donors (Lipinski definition) is 2. The first kappa shape index (κ1) is 12.7. The van der Waals surface area contributed by atoms with Gasteiger partial charge in [-0.15, -0.1) is 5.10 Å². The second-order valence-electron chi connectivity index (χ2n) is 4.00. The highest BCUT2D eigenvalue weighted by molar-refractivity contribution is 5.93. The maximum atomic E-state index is 11.3. The standard InChI is InChI=1S/C12H11N3O4/c1-6-11(7(2)16)13-14-15(6)8-3-4-10(17)9(5-8)12(18)19/h3-5,17H,1-2H3,(H,18,19). The number of aromatic nitrogens is 3. The lowest BCUT2D eigenvalue weighted by atomic mass is 10.1. The van der Waals surface area contributed by atoms with E-state index in [9.17, 15) is 14.7 Å². The first-order valence-electron chi connectivity index (χ1n) is 5.41. The SMILES string of the molecule is CC(=O)c1nnn(-c2ccc(O)c(C(=O)O)c2)c1C. The number of carboxylic acid groups (broad SMARTS) is 1. The third-order valence-electron chi connectivity index (χ3n) is 2.68. The number of carbonyl (C=O) groups excluding carboxylic acids is 1. The normalized spacial score (nSPS) is 10.4. The van der Waals surface area contributed by atoms with Gasteiger partial charge in [0, 0.05) is 6.92 Å². The van der Waals surface area contributed by atoms with Crippen molar-refractivity contribution >= 4 is 11.8 Å². The van der Waals surface area contributed by atoms with E-state index in [0.717, 1.165) is 0 Å². The van der Waals surface area contributed by atoms with Gasteiger partial charge in [-0.2, -0.15) is 0 Å². The van der Waals surface area contributed by atoms with Gasteiger partial charge in [0.2, 0.25) is 0 Å². The molecule has 0 bridgehead atoms. The summed E-state index contributed by atoms with van der Waals surface area (Å²) in [6.07, 6.45) is 0. The Morgan fingerprint density at radius 3 is 2.53 bits per heavy atom. The molecule has 0 fully saturated rings. The van der Waals surface area contributed by atoms with E-state index in [1.807, 2.05) is 0 Å². The number of phenols is 1. The molecule has 0 saturated heterocycles. The van der Waals surface area contributed by atoms with Crippen molar-refractivity contribution in [3.8, 4) is 11.4 Å². The Labute approximate surface area is 108 Å². The quantitative estimate of drug-likeness (QED) is 0.804. The molecule has 0 amide bonds. The number of carbonyl (C=O) groups is 2. The van der Waals surface area contributed by atoms with Crippen molar-refractivity contribution in [2.75, 3.05) is 0 Å². The lowest BCUT2D eigenvalue weighted by Gasteiger charge is -2.06. The van der Waals surface area contributed by atoms with Crippen LogP contribution in [0.5, 0.6) is 5.75 Å². The van der Waals surface area contributed by atoms with Crippen LogP contribution in [-0.4, -0.2) is 37.0 Å².